The van der Waals surface area contributed by atoms with E-state index in [0.29, 0.717) is 43.2 Å². The van der Waals surface area contributed by atoms with Crippen LogP contribution in [0.25, 0.3) is 0 Å². The zero-order chi connectivity index (χ0) is 20.1. The number of carbonyl (C=O) groups excluding carboxylic acids is 2. The Hall–Kier alpha value is -2.71. The highest BCUT2D eigenvalue weighted by molar-refractivity contribution is 6.31. The molecule has 0 spiro atoms. The van der Waals surface area contributed by atoms with E-state index in [1.54, 1.807) is 17.0 Å². The van der Waals surface area contributed by atoms with Gasteiger partial charge in [-0.05, 0) is 30.3 Å². The Balaban J connectivity index is 1.87. The zero-order valence-electron chi connectivity index (χ0n) is 15.2. The Morgan fingerprint density at radius 3 is 2.64 bits per heavy atom. The van der Waals surface area contributed by atoms with Gasteiger partial charge < -0.3 is 14.4 Å². The predicted octanol–water partition coefficient (Wildman–Crippen LogP) is 3.12. The Labute approximate surface area is 166 Å². The average Bonchev–Trinajstić information content (AvgIpc) is 2.74. The maximum Gasteiger partial charge on any atom is 0.339 e. The smallest absolute Gasteiger partial charge is 0.339 e. The van der Waals surface area contributed by atoms with Gasteiger partial charge in [0.05, 0.1) is 43.1 Å². The number of methoxy groups -OCH3 is 1. The fourth-order valence-electron chi connectivity index (χ4n) is 2.77. The molecule has 7 nitrogen and oxygen atoms in total. The number of anilines is 1. The monoisotopic (exact) mass is 407 g/mol. The van der Waals surface area contributed by atoms with E-state index in [1.807, 2.05) is 0 Å². The van der Waals surface area contributed by atoms with E-state index in [2.05, 4.69) is 9.72 Å². The molecule has 1 aromatic heterocycles. The van der Waals surface area contributed by atoms with Crippen LogP contribution in [0.1, 0.15) is 16.1 Å². The first-order valence-corrected chi connectivity index (χ1v) is 9.00. The molecule has 1 aliphatic rings. The molecule has 0 bridgehead atoms. The second-order valence-corrected chi connectivity index (χ2v) is 6.50. The minimum atomic E-state index is -0.565. The van der Waals surface area contributed by atoms with Gasteiger partial charge in [0.1, 0.15) is 5.82 Å². The number of urea groups is 1. The van der Waals surface area contributed by atoms with Crippen molar-refractivity contribution in [3.05, 3.63) is 58.6 Å². The van der Waals surface area contributed by atoms with Crippen molar-refractivity contribution >= 4 is 29.3 Å². The summed E-state index contributed by atoms with van der Waals surface area (Å²) in [5.41, 5.74) is 1.30. The van der Waals surface area contributed by atoms with Crippen LogP contribution in [0.2, 0.25) is 5.02 Å². The third-order valence-electron chi connectivity index (χ3n) is 4.29. The van der Waals surface area contributed by atoms with Crippen molar-refractivity contribution in [2.75, 3.05) is 38.3 Å². The normalized spacial score (nSPS) is 13.9. The van der Waals surface area contributed by atoms with Gasteiger partial charge in [0.2, 0.25) is 0 Å². The number of amides is 2. The number of hydrogen-bond acceptors (Lipinski definition) is 5. The van der Waals surface area contributed by atoms with E-state index < -0.39 is 11.8 Å². The fraction of sp³-hybridized carbons (Fsp3) is 0.316. The SMILES string of the molecule is COC(=O)c1ccc(CN(C(=O)N2CCOCC2)c2ccc(F)c(Cl)c2)nc1. The van der Waals surface area contributed by atoms with Crippen molar-refractivity contribution in [1.29, 1.82) is 0 Å². The van der Waals surface area contributed by atoms with Gasteiger partial charge in [-0.25, -0.2) is 14.0 Å². The molecule has 0 aliphatic carbocycles. The Bertz CT molecular complexity index is 857. The summed E-state index contributed by atoms with van der Waals surface area (Å²) in [5, 5.41) is -0.0775. The molecule has 2 amide bonds. The number of benzene rings is 1. The van der Waals surface area contributed by atoms with E-state index in [0.717, 1.165) is 0 Å². The lowest BCUT2D eigenvalue weighted by atomic mass is 10.2. The fourth-order valence-corrected chi connectivity index (χ4v) is 2.94. The first-order chi connectivity index (χ1) is 13.5. The van der Waals surface area contributed by atoms with E-state index in [1.165, 1.54) is 36.4 Å². The lowest BCUT2D eigenvalue weighted by Gasteiger charge is -2.33. The van der Waals surface area contributed by atoms with Crippen LogP contribution in [0.15, 0.2) is 36.5 Å². The van der Waals surface area contributed by atoms with Crippen LogP contribution in [0, 0.1) is 5.82 Å². The maximum atomic E-state index is 13.6. The number of nitrogens with zero attached hydrogens (tertiary/aromatic N) is 3. The third-order valence-corrected chi connectivity index (χ3v) is 4.58. The van der Waals surface area contributed by atoms with E-state index in [4.69, 9.17) is 16.3 Å². The highest BCUT2D eigenvalue weighted by atomic mass is 35.5. The lowest BCUT2D eigenvalue weighted by molar-refractivity contribution is 0.0548. The minimum absolute atomic E-state index is 0.0775. The second-order valence-electron chi connectivity index (χ2n) is 6.10. The quantitative estimate of drug-likeness (QED) is 0.728. The number of esters is 1. The number of halogens is 2. The molecule has 148 valence electrons. The van der Waals surface area contributed by atoms with Gasteiger partial charge in [-0.2, -0.15) is 0 Å². The molecule has 0 atom stereocenters. The van der Waals surface area contributed by atoms with Crippen LogP contribution in [0.4, 0.5) is 14.9 Å². The van der Waals surface area contributed by atoms with Gasteiger partial charge >= 0.3 is 12.0 Å². The zero-order valence-corrected chi connectivity index (χ0v) is 16.0. The molecule has 1 aliphatic heterocycles. The summed E-state index contributed by atoms with van der Waals surface area (Å²) in [7, 11) is 1.29. The molecule has 0 saturated carbocycles. The van der Waals surface area contributed by atoms with Gasteiger partial charge in [0.15, 0.2) is 0 Å². The van der Waals surface area contributed by atoms with Crippen LogP contribution in [-0.4, -0.2) is 55.3 Å². The number of pyridine rings is 1. The lowest BCUT2D eigenvalue weighted by Crippen LogP contribution is -2.48. The molecule has 1 aromatic carbocycles. The summed E-state index contributed by atoms with van der Waals surface area (Å²) in [6, 6.07) is 7.05. The number of aromatic nitrogens is 1. The molecule has 0 radical (unpaired) electrons. The van der Waals surface area contributed by atoms with E-state index in [9.17, 15) is 14.0 Å². The maximum absolute atomic E-state index is 13.6. The summed E-state index contributed by atoms with van der Waals surface area (Å²) in [6.45, 7) is 1.95. The Kier molecular flexibility index (Phi) is 6.43. The summed E-state index contributed by atoms with van der Waals surface area (Å²) < 4.78 is 23.5. The van der Waals surface area contributed by atoms with Gasteiger partial charge in [-0.1, -0.05) is 11.6 Å². The number of rotatable bonds is 4. The number of morpholine rings is 1. The van der Waals surface area contributed by atoms with E-state index in [-0.39, 0.29) is 17.6 Å². The van der Waals surface area contributed by atoms with Crippen molar-refractivity contribution in [3.63, 3.8) is 0 Å². The van der Waals surface area contributed by atoms with Gasteiger partial charge in [-0.15, -0.1) is 0 Å². The van der Waals surface area contributed by atoms with Crippen LogP contribution < -0.4 is 4.90 Å². The van der Waals surface area contributed by atoms with Crippen molar-refractivity contribution in [3.8, 4) is 0 Å². The topological polar surface area (TPSA) is 72.0 Å². The van der Waals surface area contributed by atoms with Crippen LogP contribution in [-0.2, 0) is 16.0 Å². The third kappa shape index (κ3) is 4.58. The van der Waals surface area contributed by atoms with Gasteiger partial charge in [0.25, 0.3) is 0 Å². The summed E-state index contributed by atoms with van der Waals surface area (Å²) in [6.07, 6.45) is 1.39. The Morgan fingerprint density at radius 1 is 1.29 bits per heavy atom. The molecule has 0 N–H and O–H groups in total. The molecule has 0 unspecified atom stereocenters. The standard InChI is InChI=1S/C19H19ClFN3O4/c1-27-18(25)13-2-3-14(22-11-13)12-24(15-4-5-17(21)16(20)10-15)19(26)23-6-8-28-9-7-23/h2-5,10-11H,6-9,12H2,1H3. The molecule has 1 saturated heterocycles. The highest BCUT2D eigenvalue weighted by Gasteiger charge is 2.25. The highest BCUT2D eigenvalue weighted by Crippen LogP contribution is 2.25. The molecule has 2 aromatic rings. The van der Waals surface area contributed by atoms with Crippen molar-refractivity contribution < 1.29 is 23.5 Å². The minimum Gasteiger partial charge on any atom is -0.465 e. The average molecular weight is 408 g/mol. The molecule has 3 rings (SSSR count). The van der Waals surface area contributed by atoms with Gasteiger partial charge in [0, 0.05) is 25.0 Å². The number of carbonyl (C=O) groups is 2. The van der Waals surface area contributed by atoms with Crippen LogP contribution in [0.5, 0.6) is 0 Å². The second kappa shape index (κ2) is 8.99. The van der Waals surface area contributed by atoms with Gasteiger partial charge in [-0.3, -0.25) is 9.88 Å². The molecular weight excluding hydrogens is 389 g/mol. The molecular formula is C19H19ClFN3O4. The van der Waals surface area contributed by atoms with Crippen molar-refractivity contribution in [2.45, 2.75) is 6.54 Å². The van der Waals surface area contributed by atoms with E-state index >= 15 is 0 Å². The number of hydrogen-bond donors (Lipinski definition) is 0. The summed E-state index contributed by atoms with van der Waals surface area (Å²) >= 11 is 5.91. The van der Waals surface area contributed by atoms with Crippen LogP contribution in [0.3, 0.4) is 0 Å². The van der Waals surface area contributed by atoms with Crippen LogP contribution >= 0.6 is 11.6 Å². The Morgan fingerprint density at radius 2 is 2.04 bits per heavy atom. The predicted molar refractivity (Wildman–Crippen MR) is 101 cm³/mol. The number of ether oxygens (including phenoxy) is 2. The summed E-state index contributed by atoms with van der Waals surface area (Å²) in [5.74, 6) is -1.06. The first-order valence-electron chi connectivity index (χ1n) is 8.62. The summed E-state index contributed by atoms with van der Waals surface area (Å²) in [4.78, 5) is 32.0. The largest absolute Gasteiger partial charge is 0.465 e. The molecule has 28 heavy (non-hydrogen) atoms. The molecule has 9 heteroatoms. The first kappa shape index (κ1) is 20.0. The molecule has 2 heterocycles. The van der Waals surface area contributed by atoms with Crippen molar-refractivity contribution in [2.24, 2.45) is 0 Å². The van der Waals surface area contributed by atoms with Crippen molar-refractivity contribution in [1.82, 2.24) is 9.88 Å². The molecule has 1 fully saturated rings.